The van der Waals surface area contributed by atoms with Gasteiger partial charge in [-0.05, 0) is 31.7 Å². The van der Waals surface area contributed by atoms with Crippen LogP contribution in [0.2, 0.25) is 0 Å². The SMILES string of the molecule is CCCNCc1sc(C2CC2C)nc1CC. The normalized spacial score (nSPS) is 23.7. The number of hydrogen-bond donors (Lipinski definition) is 1. The third-order valence-corrected chi connectivity index (χ3v) is 4.50. The molecule has 2 unspecified atom stereocenters. The number of aryl methyl sites for hydroxylation is 1. The van der Waals surface area contributed by atoms with Crippen LogP contribution >= 0.6 is 11.3 Å². The van der Waals surface area contributed by atoms with Crippen LogP contribution in [-0.2, 0) is 13.0 Å². The molecule has 16 heavy (non-hydrogen) atoms. The quantitative estimate of drug-likeness (QED) is 0.769. The Morgan fingerprint density at radius 2 is 2.19 bits per heavy atom. The molecule has 90 valence electrons. The molecule has 1 N–H and O–H groups in total. The molecule has 0 aliphatic heterocycles. The topological polar surface area (TPSA) is 24.9 Å². The molecule has 0 aromatic carbocycles. The second-order valence-electron chi connectivity index (χ2n) is 4.77. The summed E-state index contributed by atoms with van der Waals surface area (Å²) in [4.78, 5) is 6.26. The van der Waals surface area contributed by atoms with Gasteiger partial charge in [0.05, 0.1) is 10.7 Å². The van der Waals surface area contributed by atoms with Crippen molar-refractivity contribution < 1.29 is 0 Å². The van der Waals surface area contributed by atoms with E-state index < -0.39 is 0 Å². The summed E-state index contributed by atoms with van der Waals surface area (Å²) in [6.45, 7) is 8.86. The summed E-state index contributed by atoms with van der Waals surface area (Å²) in [5.41, 5.74) is 1.32. The monoisotopic (exact) mass is 238 g/mol. The van der Waals surface area contributed by atoms with Gasteiger partial charge in [0.2, 0.25) is 0 Å². The van der Waals surface area contributed by atoms with E-state index in [2.05, 4.69) is 26.1 Å². The summed E-state index contributed by atoms with van der Waals surface area (Å²) in [7, 11) is 0. The molecular formula is C13H22N2S. The first-order chi connectivity index (χ1) is 7.76. The molecule has 1 fully saturated rings. The molecule has 1 aliphatic carbocycles. The zero-order chi connectivity index (χ0) is 11.5. The average molecular weight is 238 g/mol. The summed E-state index contributed by atoms with van der Waals surface area (Å²) in [6.07, 6.45) is 3.62. The Bertz CT molecular complexity index is 346. The molecule has 2 nitrogen and oxygen atoms in total. The fourth-order valence-corrected chi connectivity index (χ4v) is 3.39. The van der Waals surface area contributed by atoms with Crippen LogP contribution in [0, 0.1) is 5.92 Å². The van der Waals surface area contributed by atoms with Crippen molar-refractivity contribution in [3.8, 4) is 0 Å². The Kier molecular flexibility index (Phi) is 3.98. The van der Waals surface area contributed by atoms with Crippen LogP contribution in [0.5, 0.6) is 0 Å². The molecule has 2 rings (SSSR count). The standard InChI is InChI=1S/C13H22N2S/c1-4-6-14-8-12-11(5-2)15-13(16-12)10-7-9(10)3/h9-10,14H,4-8H2,1-3H3. The van der Waals surface area contributed by atoms with Gasteiger partial charge in [-0.3, -0.25) is 0 Å². The van der Waals surface area contributed by atoms with E-state index in [1.807, 2.05) is 11.3 Å². The van der Waals surface area contributed by atoms with Gasteiger partial charge in [-0.15, -0.1) is 11.3 Å². The van der Waals surface area contributed by atoms with Gasteiger partial charge < -0.3 is 5.32 Å². The van der Waals surface area contributed by atoms with Crippen LogP contribution in [0.4, 0.5) is 0 Å². The van der Waals surface area contributed by atoms with Crippen molar-refractivity contribution in [2.45, 2.75) is 52.5 Å². The van der Waals surface area contributed by atoms with Gasteiger partial charge in [0.1, 0.15) is 0 Å². The Hall–Kier alpha value is -0.410. The molecule has 0 spiro atoms. The predicted molar refractivity (Wildman–Crippen MR) is 70.0 cm³/mol. The van der Waals surface area contributed by atoms with Gasteiger partial charge in [-0.1, -0.05) is 20.8 Å². The smallest absolute Gasteiger partial charge is 0.0965 e. The second kappa shape index (κ2) is 5.28. The predicted octanol–water partition coefficient (Wildman–Crippen LogP) is 3.33. The van der Waals surface area contributed by atoms with Crippen LogP contribution in [0.1, 0.15) is 55.1 Å². The van der Waals surface area contributed by atoms with Crippen LogP contribution in [0.3, 0.4) is 0 Å². The second-order valence-corrected chi connectivity index (χ2v) is 5.89. The lowest BCUT2D eigenvalue weighted by molar-refractivity contribution is 0.676. The lowest BCUT2D eigenvalue weighted by Crippen LogP contribution is -2.13. The highest BCUT2D eigenvalue weighted by atomic mass is 32.1. The minimum Gasteiger partial charge on any atom is -0.312 e. The Morgan fingerprint density at radius 1 is 1.44 bits per heavy atom. The highest BCUT2D eigenvalue weighted by molar-refractivity contribution is 7.11. The lowest BCUT2D eigenvalue weighted by atomic mass is 10.3. The van der Waals surface area contributed by atoms with Crippen molar-refractivity contribution in [2.75, 3.05) is 6.54 Å². The third kappa shape index (κ3) is 2.64. The van der Waals surface area contributed by atoms with E-state index in [0.717, 1.165) is 31.3 Å². The van der Waals surface area contributed by atoms with Crippen molar-refractivity contribution in [2.24, 2.45) is 5.92 Å². The van der Waals surface area contributed by atoms with E-state index in [1.54, 1.807) is 0 Å². The minimum absolute atomic E-state index is 0.773. The van der Waals surface area contributed by atoms with Gasteiger partial charge in [0, 0.05) is 17.3 Å². The largest absolute Gasteiger partial charge is 0.312 e. The number of rotatable bonds is 6. The van der Waals surface area contributed by atoms with E-state index in [0.29, 0.717) is 0 Å². The van der Waals surface area contributed by atoms with Crippen molar-refractivity contribution in [1.82, 2.24) is 10.3 Å². The van der Waals surface area contributed by atoms with E-state index in [4.69, 9.17) is 4.98 Å². The third-order valence-electron chi connectivity index (χ3n) is 3.27. The van der Waals surface area contributed by atoms with Crippen molar-refractivity contribution in [3.63, 3.8) is 0 Å². The molecule has 0 amide bonds. The summed E-state index contributed by atoms with van der Waals surface area (Å²) < 4.78 is 0. The number of nitrogens with one attached hydrogen (secondary N) is 1. The fraction of sp³-hybridized carbons (Fsp3) is 0.769. The molecule has 3 heteroatoms. The molecule has 0 saturated heterocycles. The van der Waals surface area contributed by atoms with Gasteiger partial charge in [0.25, 0.3) is 0 Å². The van der Waals surface area contributed by atoms with Crippen LogP contribution < -0.4 is 5.32 Å². The molecular weight excluding hydrogens is 216 g/mol. The van der Waals surface area contributed by atoms with Crippen LogP contribution in [0.25, 0.3) is 0 Å². The van der Waals surface area contributed by atoms with Crippen LogP contribution in [-0.4, -0.2) is 11.5 Å². The number of hydrogen-bond acceptors (Lipinski definition) is 3. The first kappa shape index (κ1) is 12.1. The molecule has 1 aromatic heterocycles. The summed E-state index contributed by atoms with van der Waals surface area (Å²) >= 11 is 1.94. The molecule has 1 heterocycles. The summed E-state index contributed by atoms with van der Waals surface area (Å²) in [5, 5.41) is 4.87. The van der Waals surface area contributed by atoms with Crippen molar-refractivity contribution in [1.29, 1.82) is 0 Å². The Labute approximate surface area is 102 Å². The summed E-state index contributed by atoms with van der Waals surface area (Å²) in [6, 6.07) is 0. The highest BCUT2D eigenvalue weighted by Crippen LogP contribution is 2.48. The van der Waals surface area contributed by atoms with E-state index in [-0.39, 0.29) is 0 Å². The van der Waals surface area contributed by atoms with E-state index >= 15 is 0 Å². The maximum Gasteiger partial charge on any atom is 0.0965 e. The molecule has 0 bridgehead atoms. The number of nitrogens with zero attached hydrogens (tertiary/aromatic N) is 1. The zero-order valence-electron chi connectivity index (χ0n) is 10.5. The lowest BCUT2D eigenvalue weighted by Gasteiger charge is -2.01. The number of aromatic nitrogens is 1. The van der Waals surface area contributed by atoms with Gasteiger partial charge in [-0.25, -0.2) is 4.98 Å². The van der Waals surface area contributed by atoms with Crippen molar-refractivity contribution >= 4 is 11.3 Å². The summed E-state index contributed by atoms with van der Waals surface area (Å²) in [5.74, 6) is 1.64. The molecule has 2 atom stereocenters. The van der Waals surface area contributed by atoms with Gasteiger partial charge in [-0.2, -0.15) is 0 Å². The van der Waals surface area contributed by atoms with E-state index in [9.17, 15) is 0 Å². The fourth-order valence-electron chi connectivity index (χ4n) is 2.02. The van der Waals surface area contributed by atoms with Gasteiger partial charge >= 0.3 is 0 Å². The maximum atomic E-state index is 4.80. The first-order valence-corrected chi connectivity index (χ1v) is 7.27. The number of thiazole rings is 1. The Balaban J connectivity index is 2.01. The minimum atomic E-state index is 0.773. The Morgan fingerprint density at radius 3 is 2.75 bits per heavy atom. The maximum absolute atomic E-state index is 4.80. The van der Waals surface area contributed by atoms with Crippen LogP contribution in [0.15, 0.2) is 0 Å². The highest BCUT2D eigenvalue weighted by Gasteiger charge is 2.36. The van der Waals surface area contributed by atoms with E-state index in [1.165, 1.54) is 28.4 Å². The molecule has 1 saturated carbocycles. The average Bonchev–Trinajstić information content (AvgIpc) is 2.87. The zero-order valence-corrected chi connectivity index (χ0v) is 11.4. The van der Waals surface area contributed by atoms with Gasteiger partial charge in [0.15, 0.2) is 0 Å². The molecule has 0 radical (unpaired) electrons. The molecule has 1 aliphatic rings. The molecule has 1 aromatic rings. The first-order valence-electron chi connectivity index (χ1n) is 6.45. The van der Waals surface area contributed by atoms with Crippen molar-refractivity contribution in [3.05, 3.63) is 15.6 Å².